The molecule has 0 bridgehead atoms. The molecule has 3 N–H and O–H groups in total. The van der Waals surface area contributed by atoms with Crippen LogP contribution in [0.3, 0.4) is 0 Å². The van der Waals surface area contributed by atoms with Gasteiger partial charge in [-0.25, -0.2) is 4.98 Å². The lowest BCUT2D eigenvalue weighted by atomic mass is 10.1. The van der Waals surface area contributed by atoms with E-state index in [-0.39, 0.29) is 0 Å². The van der Waals surface area contributed by atoms with Crippen molar-refractivity contribution in [2.24, 2.45) is 0 Å². The summed E-state index contributed by atoms with van der Waals surface area (Å²) < 4.78 is 0.990. The Labute approximate surface area is 99.6 Å². The third kappa shape index (κ3) is 1.93. The van der Waals surface area contributed by atoms with E-state index in [2.05, 4.69) is 20.9 Å². The lowest BCUT2D eigenvalue weighted by molar-refractivity contribution is 1.40. The van der Waals surface area contributed by atoms with Crippen LogP contribution in [0.25, 0.3) is 11.3 Å². The van der Waals surface area contributed by atoms with E-state index in [1.807, 2.05) is 18.2 Å². The van der Waals surface area contributed by atoms with Gasteiger partial charge in [-0.15, -0.1) is 11.3 Å². The molecule has 2 aromatic rings. The largest absolute Gasteiger partial charge is 0.398 e. The number of anilines is 1. The predicted octanol–water partition coefficient (Wildman–Crippen LogP) is 3.15. The molecule has 0 fully saturated rings. The Morgan fingerprint density at radius 3 is 2.80 bits per heavy atom. The molecule has 15 heavy (non-hydrogen) atoms. The number of hydrogen-bond acceptors (Lipinski definition) is 4. The normalized spacial score (nSPS) is 10.2. The molecule has 0 spiro atoms. The number of nitrogens with zero attached hydrogens (tertiary/aromatic N) is 1. The second kappa shape index (κ2) is 4.12. The molecule has 0 saturated carbocycles. The van der Waals surface area contributed by atoms with Gasteiger partial charge in [-0.05, 0) is 22.0 Å². The van der Waals surface area contributed by atoms with Gasteiger partial charge in [0.15, 0.2) is 0 Å². The van der Waals surface area contributed by atoms with Gasteiger partial charge in [0.25, 0.3) is 0 Å². The average Bonchev–Trinajstić information content (AvgIpc) is 2.64. The van der Waals surface area contributed by atoms with Crippen molar-refractivity contribution in [2.45, 2.75) is 0 Å². The van der Waals surface area contributed by atoms with Crippen LogP contribution in [-0.4, -0.2) is 11.2 Å². The zero-order valence-corrected chi connectivity index (χ0v) is 10.1. The minimum atomic E-state index is 0.599. The van der Waals surface area contributed by atoms with Crippen molar-refractivity contribution in [2.75, 3.05) is 5.73 Å². The minimum absolute atomic E-state index is 0.599. The highest BCUT2D eigenvalue weighted by Crippen LogP contribution is 2.31. The van der Waals surface area contributed by atoms with Crippen LogP contribution in [-0.2, 0) is 0 Å². The van der Waals surface area contributed by atoms with Gasteiger partial charge in [-0.3, -0.25) is 0 Å². The fraction of sp³-hybridized carbons (Fsp3) is 0. The Bertz CT molecular complexity index is 507. The highest BCUT2D eigenvalue weighted by atomic mass is 79.9. The first-order chi connectivity index (χ1) is 7.22. The van der Waals surface area contributed by atoms with E-state index in [0.717, 1.165) is 20.6 Å². The van der Waals surface area contributed by atoms with E-state index >= 15 is 0 Å². The number of thiazole rings is 1. The number of halogens is 1. The van der Waals surface area contributed by atoms with Crippen LogP contribution in [0.4, 0.5) is 5.69 Å². The van der Waals surface area contributed by atoms with Crippen LogP contribution >= 0.6 is 27.3 Å². The molecule has 0 saturated heterocycles. The Kier molecular flexibility index (Phi) is 2.83. The number of aromatic nitrogens is 1. The van der Waals surface area contributed by atoms with E-state index in [1.54, 1.807) is 5.51 Å². The van der Waals surface area contributed by atoms with Gasteiger partial charge in [-0.1, -0.05) is 12.1 Å². The molecule has 0 aliphatic heterocycles. The van der Waals surface area contributed by atoms with Crippen molar-refractivity contribution in [1.29, 1.82) is 5.41 Å². The zero-order chi connectivity index (χ0) is 10.8. The third-order valence-corrected chi connectivity index (χ3v) is 3.59. The molecule has 0 unspecified atom stereocenters. The number of nitrogen functional groups attached to an aromatic ring is 1. The summed E-state index contributed by atoms with van der Waals surface area (Å²) in [6.07, 6.45) is 1.25. The number of benzene rings is 1. The minimum Gasteiger partial charge on any atom is -0.398 e. The van der Waals surface area contributed by atoms with Gasteiger partial charge in [0.05, 0.1) is 15.0 Å². The molecule has 0 aliphatic rings. The van der Waals surface area contributed by atoms with Crippen LogP contribution in [0.2, 0.25) is 0 Å². The highest BCUT2D eigenvalue weighted by Gasteiger charge is 2.07. The van der Waals surface area contributed by atoms with Crippen LogP contribution in [0.5, 0.6) is 0 Å². The SMILES string of the molecule is N=Cc1ccc(-c2ncsc2Br)cc1N. The van der Waals surface area contributed by atoms with Crippen LogP contribution in [0, 0.1) is 5.41 Å². The first-order valence-electron chi connectivity index (χ1n) is 4.21. The molecular weight excluding hydrogens is 274 g/mol. The van der Waals surface area contributed by atoms with Crippen molar-refractivity contribution in [1.82, 2.24) is 4.98 Å². The lowest BCUT2D eigenvalue weighted by Gasteiger charge is -2.02. The third-order valence-electron chi connectivity index (χ3n) is 2.04. The van der Waals surface area contributed by atoms with E-state index in [4.69, 9.17) is 11.1 Å². The van der Waals surface area contributed by atoms with Crippen LogP contribution in [0.15, 0.2) is 27.5 Å². The highest BCUT2D eigenvalue weighted by molar-refractivity contribution is 9.11. The molecule has 0 atom stereocenters. The molecule has 2 rings (SSSR count). The van der Waals surface area contributed by atoms with Gasteiger partial charge in [0.1, 0.15) is 0 Å². The molecule has 1 heterocycles. The average molecular weight is 282 g/mol. The molecule has 0 radical (unpaired) electrons. The number of hydrogen-bond donors (Lipinski definition) is 2. The summed E-state index contributed by atoms with van der Waals surface area (Å²) in [4.78, 5) is 4.24. The maximum atomic E-state index is 7.14. The van der Waals surface area contributed by atoms with Gasteiger partial charge in [-0.2, -0.15) is 0 Å². The van der Waals surface area contributed by atoms with Crippen molar-refractivity contribution in [3.63, 3.8) is 0 Å². The molecule has 1 aromatic heterocycles. The van der Waals surface area contributed by atoms with E-state index in [1.165, 1.54) is 17.6 Å². The molecule has 0 amide bonds. The summed E-state index contributed by atoms with van der Waals surface area (Å²) in [7, 11) is 0. The molecule has 76 valence electrons. The summed E-state index contributed by atoms with van der Waals surface area (Å²) in [5.41, 5.74) is 10.8. The second-order valence-electron chi connectivity index (χ2n) is 2.96. The Balaban J connectivity index is 2.52. The van der Waals surface area contributed by atoms with Gasteiger partial charge in [0, 0.05) is 23.0 Å². The summed E-state index contributed by atoms with van der Waals surface area (Å²) in [5, 5.41) is 7.14. The molecule has 3 nitrogen and oxygen atoms in total. The first-order valence-corrected chi connectivity index (χ1v) is 5.89. The first kappa shape index (κ1) is 10.3. The topological polar surface area (TPSA) is 62.8 Å². The summed E-state index contributed by atoms with van der Waals surface area (Å²) in [5.74, 6) is 0. The fourth-order valence-electron chi connectivity index (χ4n) is 1.27. The second-order valence-corrected chi connectivity index (χ2v) is 5.14. The van der Waals surface area contributed by atoms with Gasteiger partial charge >= 0.3 is 0 Å². The number of nitrogens with two attached hydrogens (primary N) is 1. The van der Waals surface area contributed by atoms with Crippen molar-refractivity contribution in [3.8, 4) is 11.3 Å². The smallest absolute Gasteiger partial charge is 0.0976 e. The Morgan fingerprint density at radius 1 is 1.47 bits per heavy atom. The maximum Gasteiger partial charge on any atom is 0.0976 e. The standard InChI is InChI=1S/C10H8BrN3S/c11-10-9(14-5-15-10)6-1-2-7(4-12)8(13)3-6/h1-5,12H,13H2. The molecule has 0 aliphatic carbocycles. The van der Waals surface area contributed by atoms with Gasteiger partial charge < -0.3 is 11.1 Å². The van der Waals surface area contributed by atoms with E-state index < -0.39 is 0 Å². The van der Waals surface area contributed by atoms with E-state index in [9.17, 15) is 0 Å². The van der Waals surface area contributed by atoms with Crippen molar-refractivity contribution in [3.05, 3.63) is 33.1 Å². The zero-order valence-electron chi connectivity index (χ0n) is 7.70. The van der Waals surface area contributed by atoms with E-state index in [0.29, 0.717) is 5.69 Å². The van der Waals surface area contributed by atoms with Crippen molar-refractivity contribution < 1.29 is 0 Å². The Morgan fingerprint density at radius 2 is 2.27 bits per heavy atom. The van der Waals surface area contributed by atoms with Crippen LogP contribution < -0.4 is 5.73 Å². The summed E-state index contributed by atoms with van der Waals surface area (Å²) >= 11 is 4.97. The van der Waals surface area contributed by atoms with Crippen molar-refractivity contribution >= 4 is 39.2 Å². The van der Waals surface area contributed by atoms with Crippen LogP contribution in [0.1, 0.15) is 5.56 Å². The summed E-state index contributed by atoms with van der Waals surface area (Å²) in [6.45, 7) is 0. The summed E-state index contributed by atoms with van der Waals surface area (Å²) in [6, 6.07) is 5.57. The quantitative estimate of drug-likeness (QED) is 0.656. The number of nitrogens with one attached hydrogen (secondary N) is 1. The monoisotopic (exact) mass is 281 g/mol. The predicted molar refractivity (Wildman–Crippen MR) is 67.5 cm³/mol. The molecular formula is C10H8BrN3S. The Hall–Kier alpha value is -1.20. The molecule has 1 aromatic carbocycles. The molecule has 5 heteroatoms. The lowest BCUT2D eigenvalue weighted by Crippen LogP contribution is -1.93. The van der Waals surface area contributed by atoms with Gasteiger partial charge in [0.2, 0.25) is 0 Å². The maximum absolute atomic E-state index is 7.14. The number of rotatable bonds is 2. The fourth-order valence-corrected chi connectivity index (χ4v) is 2.39.